The fourth-order valence-corrected chi connectivity index (χ4v) is 2.55. The molecule has 0 spiro atoms. The summed E-state index contributed by atoms with van der Waals surface area (Å²) in [4.78, 5) is 11.2. The average Bonchev–Trinajstić information content (AvgIpc) is 2.49. The molecule has 2 aromatic carbocycles. The molecular formula is C20H24O2. The molecule has 2 nitrogen and oxygen atoms in total. The van der Waals surface area contributed by atoms with Crippen LogP contribution in [0.5, 0.6) is 0 Å². The van der Waals surface area contributed by atoms with E-state index >= 15 is 0 Å². The van der Waals surface area contributed by atoms with Gasteiger partial charge in [0, 0.05) is 0 Å². The van der Waals surface area contributed by atoms with Gasteiger partial charge in [-0.1, -0.05) is 61.9 Å². The Kier molecular flexibility index (Phi) is 5.02. The van der Waals surface area contributed by atoms with Gasteiger partial charge in [0.1, 0.15) is 0 Å². The second-order valence-electron chi connectivity index (χ2n) is 6.51. The molecule has 0 aliphatic heterocycles. The number of aliphatic carboxylic acids is 1. The van der Waals surface area contributed by atoms with E-state index in [1.807, 2.05) is 12.1 Å². The third kappa shape index (κ3) is 3.97. The molecule has 0 atom stereocenters. The largest absolute Gasteiger partial charge is 0.481 e. The van der Waals surface area contributed by atoms with E-state index in [4.69, 9.17) is 0 Å². The van der Waals surface area contributed by atoms with Crippen molar-refractivity contribution >= 4 is 5.97 Å². The van der Waals surface area contributed by atoms with Crippen molar-refractivity contribution in [3.63, 3.8) is 0 Å². The smallest absolute Gasteiger partial charge is 0.309 e. The minimum absolute atomic E-state index is 0.540. The molecule has 0 radical (unpaired) electrons. The van der Waals surface area contributed by atoms with Gasteiger partial charge in [0.05, 0.1) is 5.41 Å². The Labute approximate surface area is 132 Å². The lowest BCUT2D eigenvalue weighted by Gasteiger charge is -2.19. The Bertz CT molecular complexity index is 622. The minimum Gasteiger partial charge on any atom is -0.481 e. The van der Waals surface area contributed by atoms with Crippen molar-refractivity contribution in [2.45, 2.75) is 40.0 Å². The molecule has 0 aromatic heterocycles. The number of carboxylic acids is 1. The molecule has 0 heterocycles. The zero-order valence-electron chi connectivity index (χ0n) is 13.6. The van der Waals surface area contributed by atoms with Gasteiger partial charge in [-0.3, -0.25) is 4.79 Å². The first-order valence-electron chi connectivity index (χ1n) is 7.84. The molecule has 0 fully saturated rings. The van der Waals surface area contributed by atoms with Gasteiger partial charge in [-0.15, -0.1) is 0 Å². The molecule has 0 amide bonds. The predicted molar refractivity (Wildman–Crippen MR) is 91.0 cm³/mol. The Balaban J connectivity index is 2.13. The van der Waals surface area contributed by atoms with Crippen LogP contribution in [0.1, 0.15) is 38.3 Å². The molecular weight excluding hydrogens is 272 g/mol. The van der Waals surface area contributed by atoms with Gasteiger partial charge in [0.25, 0.3) is 0 Å². The number of rotatable bonds is 6. The van der Waals surface area contributed by atoms with Gasteiger partial charge in [0.15, 0.2) is 0 Å². The summed E-state index contributed by atoms with van der Waals surface area (Å²) >= 11 is 0. The SMILES string of the molecule is CCCc1ccc(-c2ccc(CC(C)(C)C(=O)O)cc2)cc1. The average molecular weight is 296 g/mol. The van der Waals surface area contributed by atoms with Gasteiger partial charge in [-0.05, 0) is 48.9 Å². The van der Waals surface area contributed by atoms with Gasteiger partial charge < -0.3 is 5.11 Å². The normalized spacial score (nSPS) is 11.4. The Morgan fingerprint density at radius 3 is 1.77 bits per heavy atom. The summed E-state index contributed by atoms with van der Waals surface area (Å²) in [5, 5.41) is 9.20. The van der Waals surface area contributed by atoms with E-state index in [1.54, 1.807) is 13.8 Å². The van der Waals surface area contributed by atoms with Crippen LogP contribution >= 0.6 is 0 Å². The molecule has 0 aliphatic carbocycles. The van der Waals surface area contributed by atoms with E-state index in [0.29, 0.717) is 6.42 Å². The van der Waals surface area contributed by atoms with Crippen molar-refractivity contribution in [3.8, 4) is 11.1 Å². The molecule has 0 saturated heterocycles. The van der Waals surface area contributed by atoms with Crippen LogP contribution in [0.3, 0.4) is 0 Å². The number of benzene rings is 2. The highest BCUT2D eigenvalue weighted by atomic mass is 16.4. The molecule has 0 unspecified atom stereocenters. The fraction of sp³-hybridized carbons (Fsp3) is 0.350. The van der Waals surface area contributed by atoms with E-state index in [9.17, 15) is 9.90 Å². The van der Waals surface area contributed by atoms with Gasteiger partial charge in [0.2, 0.25) is 0 Å². The predicted octanol–water partition coefficient (Wildman–Crippen LogP) is 4.96. The van der Waals surface area contributed by atoms with Crippen LogP contribution < -0.4 is 0 Å². The summed E-state index contributed by atoms with van der Waals surface area (Å²) < 4.78 is 0. The first-order chi connectivity index (χ1) is 10.4. The topological polar surface area (TPSA) is 37.3 Å². The Morgan fingerprint density at radius 2 is 1.36 bits per heavy atom. The van der Waals surface area contributed by atoms with Crippen molar-refractivity contribution in [2.75, 3.05) is 0 Å². The van der Waals surface area contributed by atoms with Gasteiger partial charge in [-0.2, -0.15) is 0 Å². The van der Waals surface area contributed by atoms with Crippen LogP contribution in [0.4, 0.5) is 0 Å². The third-order valence-electron chi connectivity index (χ3n) is 4.00. The van der Waals surface area contributed by atoms with E-state index < -0.39 is 11.4 Å². The monoisotopic (exact) mass is 296 g/mol. The molecule has 1 N–H and O–H groups in total. The lowest BCUT2D eigenvalue weighted by molar-refractivity contribution is -0.146. The second kappa shape index (κ2) is 6.78. The van der Waals surface area contributed by atoms with E-state index in [0.717, 1.165) is 18.4 Å². The Morgan fingerprint density at radius 1 is 0.909 bits per heavy atom. The molecule has 116 valence electrons. The van der Waals surface area contributed by atoms with Crippen LogP contribution in [-0.2, 0) is 17.6 Å². The highest BCUT2D eigenvalue weighted by Gasteiger charge is 2.27. The molecule has 2 aromatic rings. The molecule has 2 heteroatoms. The van der Waals surface area contributed by atoms with E-state index in [1.165, 1.54) is 16.7 Å². The highest BCUT2D eigenvalue weighted by molar-refractivity contribution is 5.74. The molecule has 0 saturated carbocycles. The summed E-state index contributed by atoms with van der Waals surface area (Å²) in [6.07, 6.45) is 2.81. The molecule has 0 bridgehead atoms. The summed E-state index contributed by atoms with van der Waals surface area (Å²) in [5.74, 6) is -0.761. The lowest BCUT2D eigenvalue weighted by Crippen LogP contribution is -2.26. The van der Waals surface area contributed by atoms with Crippen LogP contribution in [0.2, 0.25) is 0 Å². The number of hydrogen-bond donors (Lipinski definition) is 1. The molecule has 0 aliphatic rings. The number of aryl methyl sites for hydroxylation is 1. The van der Waals surface area contributed by atoms with Gasteiger partial charge >= 0.3 is 5.97 Å². The number of hydrogen-bond acceptors (Lipinski definition) is 1. The summed E-state index contributed by atoms with van der Waals surface area (Å²) in [7, 11) is 0. The zero-order chi connectivity index (χ0) is 16.2. The van der Waals surface area contributed by atoms with Crippen molar-refractivity contribution in [1.29, 1.82) is 0 Å². The van der Waals surface area contributed by atoms with Crippen LogP contribution in [0.15, 0.2) is 48.5 Å². The van der Waals surface area contributed by atoms with Crippen LogP contribution in [0, 0.1) is 5.41 Å². The van der Waals surface area contributed by atoms with Crippen molar-refractivity contribution in [1.82, 2.24) is 0 Å². The van der Waals surface area contributed by atoms with Crippen LogP contribution in [0.25, 0.3) is 11.1 Å². The maximum Gasteiger partial charge on any atom is 0.309 e. The van der Waals surface area contributed by atoms with Gasteiger partial charge in [-0.25, -0.2) is 0 Å². The highest BCUT2D eigenvalue weighted by Crippen LogP contribution is 2.25. The molecule has 2 rings (SSSR count). The van der Waals surface area contributed by atoms with Crippen molar-refractivity contribution < 1.29 is 9.90 Å². The third-order valence-corrected chi connectivity index (χ3v) is 4.00. The van der Waals surface area contributed by atoms with E-state index in [-0.39, 0.29) is 0 Å². The first-order valence-corrected chi connectivity index (χ1v) is 7.84. The summed E-state index contributed by atoms with van der Waals surface area (Å²) in [6.45, 7) is 5.71. The lowest BCUT2D eigenvalue weighted by atomic mass is 9.85. The standard InChI is InChI=1S/C20H24O2/c1-4-5-15-6-10-17(11-7-15)18-12-8-16(9-13-18)14-20(2,3)19(21)22/h6-13H,4-5,14H2,1-3H3,(H,21,22). The number of carbonyl (C=O) groups is 1. The first kappa shape index (κ1) is 16.3. The van der Waals surface area contributed by atoms with E-state index in [2.05, 4.69) is 43.3 Å². The fourth-order valence-electron chi connectivity index (χ4n) is 2.55. The van der Waals surface area contributed by atoms with Crippen molar-refractivity contribution in [2.24, 2.45) is 5.41 Å². The van der Waals surface area contributed by atoms with Crippen LogP contribution in [-0.4, -0.2) is 11.1 Å². The number of carboxylic acid groups (broad SMARTS) is 1. The summed E-state index contributed by atoms with van der Waals surface area (Å²) in [6, 6.07) is 16.9. The minimum atomic E-state index is -0.761. The quantitative estimate of drug-likeness (QED) is 0.818. The maximum atomic E-state index is 11.2. The Hall–Kier alpha value is -2.09. The molecule has 22 heavy (non-hydrogen) atoms. The maximum absolute atomic E-state index is 11.2. The second-order valence-corrected chi connectivity index (χ2v) is 6.51. The zero-order valence-corrected chi connectivity index (χ0v) is 13.6. The summed E-state index contributed by atoms with van der Waals surface area (Å²) in [5.41, 5.74) is 4.05. The van der Waals surface area contributed by atoms with Crippen molar-refractivity contribution in [3.05, 3.63) is 59.7 Å².